The summed E-state index contributed by atoms with van der Waals surface area (Å²) in [7, 11) is 1.85. The number of amides is 2. The molecule has 0 aliphatic carbocycles. The van der Waals surface area contributed by atoms with Gasteiger partial charge in [0.2, 0.25) is 5.91 Å². The monoisotopic (exact) mass is 320 g/mol. The molecule has 0 unspecified atom stereocenters. The van der Waals surface area contributed by atoms with Crippen LogP contribution in [0.15, 0.2) is 24.3 Å². The van der Waals surface area contributed by atoms with Gasteiger partial charge in [0, 0.05) is 38.2 Å². The molecule has 4 nitrogen and oxygen atoms in total. The summed E-state index contributed by atoms with van der Waals surface area (Å²) in [6.07, 6.45) is 3.43. The number of carbonyl (C=O) groups excluding carboxylic acids is 2. The molecule has 0 N–H and O–H groups in total. The van der Waals surface area contributed by atoms with Crippen LogP contribution in [0.4, 0.5) is 4.39 Å². The van der Waals surface area contributed by atoms with E-state index in [1.54, 1.807) is 21.9 Å². The fourth-order valence-electron chi connectivity index (χ4n) is 2.95. The molecule has 1 aromatic rings. The van der Waals surface area contributed by atoms with Crippen LogP contribution in [0.2, 0.25) is 0 Å². The van der Waals surface area contributed by atoms with Gasteiger partial charge in [-0.25, -0.2) is 4.39 Å². The molecule has 2 amide bonds. The van der Waals surface area contributed by atoms with Crippen LogP contribution < -0.4 is 0 Å². The SMILES string of the molecule is CCCCN(C)C(=O)C1CCN(C(=O)c2cccc(F)c2)CC1. The minimum Gasteiger partial charge on any atom is -0.346 e. The molecule has 2 rings (SSSR count). The van der Waals surface area contributed by atoms with Crippen molar-refractivity contribution in [2.45, 2.75) is 32.6 Å². The van der Waals surface area contributed by atoms with Gasteiger partial charge in [0.1, 0.15) is 5.82 Å². The fraction of sp³-hybridized carbons (Fsp3) is 0.556. The molecule has 126 valence electrons. The minimum absolute atomic E-state index is 0.00610. The molecule has 0 atom stereocenters. The predicted octanol–water partition coefficient (Wildman–Crippen LogP) is 2.94. The highest BCUT2D eigenvalue weighted by molar-refractivity contribution is 5.94. The number of likely N-dealkylation sites (tertiary alicyclic amines) is 1. The smallest absolute Gasteiger partial charge is 0.253 e. The van der Waals surface area contributed by atoms with Gasteiger partial charge in [-0.2, -0.15) is 0 Å². The molecule has 5 heteroatoms. The van der Waals surface area contributed by atoms with E-state index >= 15 is 0 Å². The molecule has 1 saturated heterocycles. The average molecular weight is 320 g/mol. The van der Waals surface area contributed by atoms with Crippen molar-refractivity contribution in [2.24, 2.45) is 5.92 Å². The number of unbranched alkanes of at least 4 members (excludes halogenated alkanes) is 1. The molecule has 1 heterocycles. The summed E-state index contributed by atoms with van der Waals surface area (Å²) in [5.41, 5.74) is 0.370. The third-order valence-corrected chi connectivity index (χ3v) is 4.43. The van der Waals surface area contributed by atoms with Crippen molar-refractivity contribution in [1.82, 2.24) is 9.80 Å². The largest absolute Gasteiger partial charge is 0.346 e. The van der Waals surface area contributed by atoms with E-state index in [1.807, 2.05) is 7.05 Å². The number of halogens is 1. The third kappa shape index (κ3) is 4.53. The second-order valence-corrected chi connectivity index (χ2v) is 6.19. The topological polar surface area (TPSA) is 40.6 Å². The number of hydrogen-bond acceptors (Lipinski definition) is 2. The third-order valence-electron chi connectivity index (χ3n) is 4.43. The van der Waals surface area contributed by atoms with E-state index in [9.17, 15) is 14.0 Å². The molecule has 1 fully saturated rings. The van der Waals surface area contributed by atoms with E-state index < -0.39 is 5.82 Å². The van der Waals surface area contributed by atoms with E-state index in [0.717, 1.165) is 19.4 Å². The van der Waals surface area contributed by atoms with Crippen LogP contribution in [0.3, 0.4) is 0 Å². The molecule has 1 aromatic carbocycles. The second-order valence-electron chi connectivity index (χ2n) is 6.19. The number of hydrogen-bond donors (Lipinski definition) is 0. The first-order chi connectivity index (χ1) is 11.0. The van der Waals surface area contributed by atoms with Crippen molar-refractivity contribution in [3.8, 4) is 0 Å². The zero-order chi connectivity index (χ0) is 16.8. The Morgan fingerprint density at radius 1 is 1.30 bits per heavy atom. The highest BCUT2D eigenvalue weighted by Crippen LogP contribution is 2.21. The summed E-state index contributed by atoms with van der Waals surface area (Å²) in [5.74, 6) is -0.391. The molecule has 0 spiro atoms. The molecule has 23 heavy (non-hydrogen) atoms. The van der Waals surface area contributed by atoms with Crippen LogP contribution in [0.1, 0.15) is 43.0 Å². The van der Waals surface area contributed by atoms with Crippen LogP contribution in [0.5, 0.6) is 0 Å². The molecular formula is C18H25FN2O2. The van der Waals surface area contributed by atoms with Gasteiger partial charge in [-0.3, -0.25) is 9.59 Å². The summed E-state index contributed by atoms with van der Waals surface area (Å²) in [5, 5.41) is 0. The van der Waals surface area contributed by atoms with Crippen LogP contribution in [0, 0.1) is 11.7 Å². The molecule has 0 radical (unpaired) electrons. The zero-order valence-electron chi connectivity index (χ0n) is 13.9. The molecule has 0 saturated carbocycles. The summed E-state index contributed by atoms with van der Waals surface area (Å²) < 4.78 is 13.2. The van der Waals surface area contributed by atoms with Gasteiger partial charge in [-0.1, -0.05) is 19.4 Å². The molecular weight excluding hydrogens is 295 g/mol. The standard InChI is InChI=1S/C18H25FN2O2/c1-3-4-10-20(2)17(22)14-8-11-21(12-9-14)18(23)15-6-5-7-16(19)13-15/h5-7,13-14H,3-4,8-12H2,1-2H3. The van der Waals surface area contributed by atoms with Crippen LogP contribution in [-0.2, 0) is 4.79 Å². The van der Waals surface area contributed by atoms with Crippen molar-refractivity contribution in [2.75, 3.05) is 26.7 Å². The van der Waals surface area contributed by atoms with Gasteiger partial charge in [0.05, 0.1) is 0 Å². The number of carbonyl (C=O) groups is 2. The minimum atomic E-state index is -0.404. The van der Waals surface area contributed by atoms with E-state index in [1.165, 1.54) is 12.1 Å². The van der Waals surface area contributed by atoms with Crippen LogP contribution in [-0.4, -0.2) is 48.3 Å². The lowest BCUT2D eigenvalue weighted by molar-refractivity contribution is -0.135. The normalized spacial score (nSPS) is 15.5. The number of nitrogens with zero attached hydrogens (tertiary/aromatic N) is 2. The molecule has 0 aromatic heterocycles. The Bertz CT molecular complexity index is 554. The van der Waals surface area contributed by atoms with Crippen molar-refractivity contribution < 1.29 is 14.0 Å². The lowest BCUT2D eigenvalue weighted by Crippen LogP contribution is -2.43. The van der Waals surface area contributed by atoms with Gasteiger partial charge >= 0.3 is 0 Å². The summed E-state index contributed by atoms with van der Waals surface area (Å²) in [6, 6.07) is 5.76. The Kier molecular flexibility index (Phi) is 6.13. The van der Waals surface area contributed by atoms with Gasteiger partial charge in [-0.15, -0.1) is 0 Å². The Labute approximate surface area is 137 Å². The number of benzene rings is 1. The van der Waals surface area contributed by atoms with Crippen LogP contribution >= 0.6 is 0 Å². The maximum Gasteiger partial charge on any atom is 0.253 e. The summed E-state index contributed by atoms with van der Waals surface area (Å²) >= 11 is 0. The number of piperidine rings is 1. The second kappa shape index (κ2) is 8.09. The first kappa shape index (κ1) is 17.4. The molecule has 1 aliphatic heterocycles. The van der Waals surface area contributed by atoms with Gasteiger partial charge in [-0.05, 0) is 37.5 Å². The van der Waals surface area contributed by atoms with E-state index in [-0.39, 0.29) is 17.7 Å². The highest BCUT2D eigenvalue weighted by atomic mass is 19.1. The summed E-state index contributed by atoms with van der Waals surface area (Å²) in [6.45, 7) is 3.99. The Morgan fingerprint density at radius 3 is 2.61 bits per heavy atom. The zero-order valence-corrected chi connectivity index (χ0v) is 13.9. The first-order valence-corrected chi connectivity index (χ1v) is 8.32. The Morgan fingerprint density at radius 2 is 2.00 bits per heavy atom. The van der Waals surface area contributed by atoms with E-state index in [2.05, 4.69) is 6.92 Å². The lowest BCUT2D eigenvalue weighted by Gasteiger charge is -2.33. The lowest BCUT2D eigenvalue weighted by atomic mass is 9.94. The van der Waals surface area contributed by atoms with Gasteiger partial charge < -0.3 is 9.80 Å². The van der Waals surface area contributed by atoms with Gasteiger partial charge in [0.25, 0.3) is 5.91 Å². The maximum atomic E-state index is 13.2. The van der Waals surface area contributed by atoms with Crippen LogP contribution in [0.25, 0.3) is 0 Å². The Balaban J connectivity index is 1.88. The molecule has 1 aliphatic rings. The predicted molar refractivity (Wildman–Crippen MR) is 87.6 cm³/mol. The van der Waals surface area contributed by atoms with Crippen molar-refractivity contribution >= 4 is 11.8 Å². The molecule has 0 bridgehead atoms. The highest BCUT2D eigenvalue weighted by Gasteiger charge is 2.29. The number of rotatable bonds is 5. The van der Waals surface area contributed by atoms with Crippen molar-refractivity contribution in [3.63, 3.8) is 0 Å². The van der Waals surface area contributed by atoms with Crippen molar-refractivity contribution in [1.29, 1.82) is 0 Å². The van der Waals surface area contributed by atoms with Crippen molar-refractivity contribution in [3.05, 3.63) is 35.6 Å². The first-order valence-electron chi connectivity index (χ1n) is 8.32. The van der Waals surface area contributed by atoms with E-state index in [4.69, 9.17) is 0 Å². The quantitative estimate of drug-likeness (QED) is 0.837. The van der Waals surface area contributed by atoms with E-state index in [0.29, 0.717) is 31.5 Å². The Hall–Kier alpha value is -1.91. The maximum absolute atomic E-state index is 13.2. The fourth-order valence-corrected chi connectivity index (χ4v) is 2.95. The summed E-state index contributed by atoms with van der Waals surface area (Å²) in [4.78, 5) is 28.3. The average Bonchev–Trinajstić information content (AvgIpc) is 2.58. The van der Waals surface area contributed by atoms with Gasteiger partial charge in [0.15, 0.2) is 0 Å².